The molecule has 1 aliphatic heterocycles. The lowest BCUT2D eigenvalue weighted by Gasteiger charge is -2.40. The molecule has 1 fully saturated rings. The van der Waals surface area contributed by atoms with Crippen molar-refractivity contribution in [1.82, 2.24) is 9.47 Å². The number of esters is 1. The van der Waals surface area contributed by atoms with Crippen molar-refractivity contribution in [2.45, 2.75) is 83.8 Å². The van der Waals surface area contributed by atoms with Crippen molar-refractivity contribution in [3.8, 4) is 0 Å². The van der Waals surface area contributed by atoms with Crippen molar-refractivity contribution in [2.75, 3.05) is 20.3 Å². The van der Waals surface area contributed by atoms with Gasteiger partial charge in [0.25, 0.3) is 0 Å². The zero-order valence-electron chi connectivity index (χ0n) is 24.6. The van der Waals surface area contributed by atoms with Crippen molar-refractivity contribution >= 4 is 42.8 Å². The van der Waals surface area contributed by atoms with Crippen LogP contribution in [0.2, 0.25) is 18.1 Å². The number of unbranched alkanes of at least 4 members (excludes halogenated alkanes) is 1. The maximum atomic E-state index is 13.9. The average Bonchev–Trinajstić information content (AvgIpc) is 3.18. The first-order valence-electron chi connectivity index (χ1n) is 13.9. The van der Waals surface area contributed by atoms with Gasteiger partial charge in [0.15, 0.2) is 14.1 Å². The molecule has 1 atom stereocenters. The summed E-state index contributed by atoms with van der Waals surface area (Å²) in [5, 5.41) is 1.06. The van der Waals surface area contributed by atoms with Gasteiger partial charge in [0.2, 0.25) is 11.8 Å². The molecule has 0 saturated carbocycles. The van der Waals surface area contributed by atoms with Crippen LogP contribution in [0, 0.1) is 5.41 Å². The van der Waals surface area contributed by atoms with E-state index >= 15 is 0 Å². The maximum absolute atomic E-state index is 13.9. The third-order valence-corrected chi connectivity index (χ3v) is 13.1. The highest BCUT2D eigenvalue weighted by molar-refractivity contribution is 6.74. The summed E-state index contributed by atoms with van der Waals surface area (Å²) in [7, 11) is 1.24. The van der Waals surface area contributed by atoms with Gasteiger partial charge in [-0.15, -0.1) is 0 Å². The number of piperidine rings is 1. The number of nitrogens with zero attached hydrogens (tertiary/aromatic N) is 2. The number of aryl methyl sites for hydroxylation is 1. The molecule has 0 N–H and O–H groups in total. The first kappa shape index (κ1) is 30.8. The lowest BCUT2D eigenvalue weighted by molar-refractivity contribution is -0.161. The van der Waals surface area contributed by atoms with Gasteiger partial charge in [-0.05, 0) is 61.9 Å². The Labute approximate surface area is 233 Å². The zero-order valence-corrected chi connectivity index (χ0v) is 25.6. The van der Waals surface area contributed by atoms with Gasteiger partial charge in [-0.3, -0.25) is 24.1 Å². The number of para-hydroxylation sites is 1. The van der Waals surface area contributed by atoms with Crippen LogP contribution >= 0.6 is 0 Å². The maximum Gasteiger partial charge on any atom is 0.313 e. The van der Waals surface area contributed by atoms with Gasteiger partial charge in [0.1, 0.15) is 11.8 Å². The van der Waals surface area contributed by atoms with Crippen LogP contribution < -0.4 is 0 Å². The molecule has 214 valence electrons. The van der Waals surface area contributed by atoms with E-state index in [0.717, 1.165) is 16.5 Å². The molecule has 0 unspecified atom stereocenters. The van der Waals surface area contributed by atoms with Crippen molar-refractivity contribution in [2.24, 2.45) is 12.5 Å². The Balaban J connectivity index is 1.77. The number of benzene rings is 1. The van der Waals surface area contributed by atoms with E-state index in [1.807, 2.05) is 42.1 Å². The van der Waals surface area contributed by atoms with Crippen molar-refractivity contribution < 1.29 is 28.3 Å². The highest BCUT2D eigenvalue weighted by Gasteiger charge is 2.51. The Morgan fingerprint density at radius 2 is 1.79 bits per heavy atom. The molecule has 0 bridgehead atoms. The number of likely N-dealkylation sites (tertiary alicyclic amines) is 1. The molecule has 2 aromatic rings. The van der Waals surface area contributed by atoms with E-state index in [2.05, 4.69) is 33.9 Å². The zero-order chi connectivity index (χ0) is 29.0. The quantitative estimate of drug-likeness (QED) is 0.164. The van der Waals surface area contributed by atoms with Crippen LogP contribution in [0.1, 0.15) is 64.9 Å². The predicted molar refractivity (Wildman–Crippen MR) is 154 cm³/mol. The Hall–Kier alpha value is -2.78. The number of carbonyl (C=O) groups excluding carboxylic acids is 4. The van der Waals surface area contributed by atoms with E-state index in [4.69, 9.17) is 9.16 Å². The van der Waals surface area contributed by atoms with Gasteiger partial charge in [-0.25, -0.2) is 0 Å². The van der Waals surface area contributed by atoms with Crippen LogP contribution in [-0.4, -0.2) is 61.6 Å². The normalized spacial score (nSPS) is 18.4. The highest BCUT2D eigenvalue weighted by atomic mass is 28.4. The molecular weight excluding hydrogens is 512 g/mol. The first-order valence-corrected chi connectivity index (χ1v) is 16.8. The molecule has 1 aromatic carbocycles. The lowest BCUT2D eigenvalue weighted by atomic mass is 9.70. The van der Waals surface area contributed by atoms with Gasteiger partial charge >= 0.3 is 5.97 Å². The third kappa shape index (κ3) is 6.69. The summed E-state index contributed by atoms with van der Waals surface area (Å²) >= 11 is 0. The summed E-state index contributed by atoms with van der Waals surface area (Å²) in [6.45, 7) is 11.8. The topological polar surface area (TPSA) is 94.9 Å². The average molecular weight is 557 g/mol. The minimum atomic E-state index is -1.91. The molecule has 8 nitrogen and oxygen atoms in total. The molecule has 2 heterocycles. The first-order chi connectivity index (χ1) is 18.2. The molecule has 1 saturated heterocycles. The van der Waals surface area contributed by atoms with Crippen LogP contribution in [0.15, 0.2) is 30.5 Å². The van der Waals surface area contributed by atoms with Gasteiger partial charge in [-0.1, -0.05) is 39.0 Å². The minimum Gasteiger partial charge on any atom is -0.469 e. The summed E-state index contributed by atoms with van der Waals surface area (Å²) in [6.07, 6.45) is 3.89. The molecule has 0 radical (unpaired) electrons. The van der Waals surface area contributed by atoms with E-state index in [1.165, 1.54) is 12.0 Å². The van der Waals surface area contributed by atoms with Gasteiger partial charge in [0.05, 0.1) is 13.5 Å². The number of hydrogen-bond acceptors (Lipinski definition) is 6. The summed E-state index contributed by atoms with van der Waals surface area (Å²) in [5.41, 5.74) is 0.441. The second kappa shape index (κ2) is 12.2. The number of amides is 2. The molecule has 0 spiro atoms. The smallest absolute Gasteiger partial charge is 0.313 e. The molecule has 1 aromatic heterocycles. The molecule has 1 aliphatic rings. The van der Waals surface area contributed by atoms with E-state index in [9.17, 15) is 19.2 Å². The molecule has 3 rings (SSSR count). The molecule has 39 heavy (non-hydrogen) atoms. The number of methoxy groups -OCH3 is 1. The number of rotatable bonds is 11. The van der Waals surface area contributed by atoms with Crippen LogP contribution in [0.25, 0.3) is 10.9 Å². The van der Waals surface area contributed by atoms with E-state index in [0.29, 0.717) is 32.3 Å². The Kier molecular flexibility index (Phi) is 9.59. The third-order valence-electron chi connectivity index (χ3n) is 8.60. The van der Waals surface area contributed by atoms with Crippen LogP contribution in [0.4, 0.5) is 0 Å². The number of carbonyl (C=O) groups is 4. The fourth-order valence-corrected chi connectivity index (χ4v) is 6.23. The second-order valence-electron chi connectivity index (χ2n) is 12.2. The van der Waals surface area contributed by atoms with Gasteiger partial charge < -0.3 is 13.7 Å². The second-order valence-corrected chi connectivity index (χ2v) is 17.0. The summed E-state index contributed by atoms with van der Waals surface area (Å²) < 4.78 is 13.0. The standard InChI is InChI=1S/C30H44N2O6Si/c1-29(2,3)39(6,7)38-18-11-10-15-30(25(33)20-27(35)37-5)16-12-17-32(28(30)36)26(34)19-22-21-31(4)24-14-9-8-13-23(22)24/h8-9,13-14,21H,10-12,15-20H2,1-7H3/t30-/m1/s1. The van der Waals surface area contributed by atoms with Crippen molar-refractivity contribution in [3.63, 3.8) is 0 Å². The van der Waals surface area contributed by atoms with E-state index in [1.54, 1.807) is 0 Å². The predicted octanol–water partition coefficient (Wildman–Crippen LogP) is 5.18. The van der Waals surface area contributed by atoms with Crippen LogP contribution in [0.3, 0.4) is 0 Å². The van der Waals surface area contributed by atoms with Gasteiger partial charge in [0, 0.05) is 37.3 Å². The number of hydrogen-bond donors (Lipinski definition) is 0. The Bertz CT molecular complexity index is 1230. The lowest BCUT2D eigenvalue weighted by Crippen LogP contribution is -2.55. The Morgan fingerprint density at radius 1 is 1.10 bits per heavy atom. The monoisotopic (exact) mass is 556 g/mol. The highest BCUT2D eigenvalue weighted by Crippen LogP contribution is 2.40. The molecule has 9 heteroatoms. The van der Waals surface area contributed by atoms with Crippen LogP contribution in [-0.2, 0) is 41.8 Å². The number of imide groups is 1. The fourth-order valence-electron chi connectivity index (χ4n) is 5.14. The Morgan fingerprint density at radius 3 is 2.46 bits per heavy atom. The molecular formula is C30H44N2O6Si. The van der Waals surface area contributed by atoms with E-state index < -0.39 is 37.8 Å². The van der Waals surface area contributed by atoms with Crippen LogP contribution in [0.5, 0.6) is 0 Å². The summed E-state index contributed by atoms with van der Waals surface area (Å²) in [5.74, 6) is -1.95. The molecule has 0 aliphatic carbocycles. The molecule has 2 amide bonds. The number of Topliss-reactive ketones (excluding diaryl/α,β-unsaturated/α-hetero) is 1. The minimum absolute atomic E-state index is 0.0642. The summed E-state index contributed by atoms with van der Waals surface area (Å²) in [6, 6.07) is 7.82. The number of ether oxygens (including phenoxy) is 1. The van der Waals surface area contributed by atoms with Crippen molar-refractivity contribution in [3.05, 3.63) is 36.0 Å². The van der Waals surface area contributed by atoms with Gasteiger partial charge in [-0.2, -0.15) is 0 Å². The number of fused-ring (bicyclic) bond motifs is 1. The van der Waals surface area contributed by atoms with Crippen molar-refractivity contribution in [1.29, 1.82) is 0 Å². The summed E-state index contributed by atoms with van der Waals surface area (Å²) in [4.78, 5) is 54.1. The fraction of sp³-hybridized carbons (Fsp3) is 0.600. The number of aromatic nitrogens is 1. The SMILES string of the molecule is COC(=O)CC(=O)[C@@]1(CCCCO[Si](C)(C)C(C)(C)C)CCCN(C(=O)Cc2cn(C)c3ccccc23)C1=O. The van der Waals surface area contributed by atoms with E-state index in [-0.39, 0.29) is 30.3 Å². The number of ketones is 1. The largest absolute Gasteiger partial charge is 0.469 e.